The van der Waals surface area contributed by atoms with Crippen LogP contribution in [0.2, 0.25) is 0 Å². The van der Waals surface area contributed by atoms with Gasteiger partial charge in [0, 0.05) is 0 Å². The largest absolute Gasteiger partial charge is 0.483 e. The van der Waals surface area contributed by atoms with Crippen LogP contribution in [0.4, 0.5) is 5.95 Å². The molecule has 9 nitrogen and oxygen atoms in total. The van der Waals surface area contributed by atoms with Gasteiger partial charge in [0.25, 0.3) is 11.9 Å². The molecule has 2 aliphatic rings. The second-order valence-corrected chi connectivity index (χ2v) is 9.49. The summed E-state index contributed by atoms with van der Waals surface area (Å²) in [6.45, 7) is 2.03. The normalized spacial score (nSPS) is 24.7. The molecule has 0 radical (unpaired) electrons. The van der Waals surface area contributed by atoms with Gasteiger partial charge in [0.2, 0.25) is 0 Å². The molecule has 1 unspecified atom stereocenters. The number of nitrogens with one attached hydrogen (secondary N) is 2. The zero-order valence-electron chi connectivity index (χ0n) is 19.2. The lowest BCUT2D eigenvalue weighted by Gasteiger charge is -2.32. The number of aromatic nitrogens is 4. The molecule has 1 aromatic carbocycles. The van der Waals surface area contributed by atoms with Gasteiger partial charge in [0.05, 0.1) is 12.2 Å². The Kier molecular flexibility index (Phi) is 7.93. The molecule has 1 amide bonds. The van der Waals surface area contributed by atoms with Crippen molar-refractivity contribution >= 4 is 11.9 Å². The van der Waals surface area contributed by atoms with Gasteiger partial charge in [-0.15, -0.1) is 5.10 Å². The maximum absolute atomic E-state index is 12.1. The third kappa shape index (κ3) is 5.89. The number of carbonyl (C=O) groups is 1. The Labute approximate surface area is 194 Å². The summed E-state index contributed by atoms with van der Waals surface area (Å²) in [5.74, 6) is 1.53. The van der Waals surface area contributed by atoms with E-state index in [4.69, 9.17) is 4.74 Å². The number of carbonyl (C=O) groups excluding carboxylic acids is 1. The summed E-state index contributed by atoms with van der Waals surface area (Å²) in [5.41, 5.74) is 2.37. The number of tetrazole rings is 1. The SMILES string of the molecule is CCCCC[C@@H](O)CCC1[C@H](O)C[C@@H]2Cc3c(cccc3OCC(=O)Nc3nn[nH]n3)C[C@H]12. The molecule has 4 rings (SSSR count). The van der Waals surface area contributed by atoms with Crippen LogP contribution in [0.25, 0.3) is 0 Å². The Balaban J connectivity index is 1.35. The molecule has 0 saturated heterocycles. The van der Waals surface area contributed by atoms with Crippen LogP contribution in [-0.4, -0.2) is 55.6 Å². The lowest BCUT2D eigenvalue weighted by atomic mass is 9.73. The summed E-state index contributed by atoms with van der Waals surface area (Å²) < 4.78 is 5.85. The van der Waals surface area contributed by atoms with Crippen molar-refractivity contribution in [2.75, 3.05) is 11.9 Å². The highest BCUT2D eigenvalue weighted by Gasteiger charge is 2.44. The second-order valence-electron chi connectivity index (χ2n) is 9.49. The summed E-state index contributed by atoms with van der Waals surface area (Å²) in [6.07, 6.45) is 7.83. The molecule has 33 heavy (non-hydrogen) atoms. The first-order valence-corrected chi connectivity index (χ1v) is 12.2. The fourth-order valence-electron chi connectivity index (χ4n) is 5.62. The fraction of sp³-hybridized carbons (Fsp3) is 0.667. The van der Waals surface area contributed by atoms with E-state index >= 15 is 0 Å². The van der Waals surface area contributed by atoms with Crippen LogP contribution in [0.15, 0.2) is 18.2 Å². The number of aliphatic hydroxyl groups is 2. The number of anilines is 1. The van der Waals surface area contributed by atoms with Crippen molar-refractivity contribution in [3.05, 3.63) is 29.3 Å². The standard InChI is InChI=1S/C24H35N5O4/c1-2-3-4-7-17(30)9-10-18-19-11-15-6-5-8-22(20(15)12-16(19)13-21(18)31)33-14-23(32)25-24-26-28-29-27-24/h5-6,8,16-19,21,30-31H,2-4,7,9-14H2,1H3,(H2,25,26,27,28,29,32)/t16-,17+,18?,19-,21+/m0/s1. The quantitative estimate of drug-likeness (QED) is 0.381. The van der Waals surface area contributed by atoms with Gasteiger partial charge < -0.3 is 14.9 Å². The molecular weight excluding hydrogens is 422 g/mol. The summed E-state index contributed by atoms with van der Waals surface area (Å²) in [7, 11) is 0. The summed E-state index contributed by atoms with van der Waals surface area (Å²) in [5, 5.41) is 36.8. The number of fused-ring (bicyclic) bond motifs is 2. The third-order valence-corrected chi connectivity index (χ3v) is 7.28. The minimum Gasteiger partial charge on any atom is -0.483 e. The van der Waals surface area contributed by atoms with Gasteiger partial charge >= 0.3 is 0 Å². The van der Waals surface area contributed by atoms with Crippen LogP contribution in [-0.2, 0) is 17.6 Å². The Bertz CT molecular complexity index is 906. The predicted octanol–water partition coefficient (Wildman–Crippen LogP) is 2.65. The van der Waals surface area contributed by atoms with Gasteiger partial charge in [0.15, 0.2) is 6.61 Å². The number of unbranched alkanes of at least 4 members (excludes halogenated alkanes) is 2. The number of ether oxygens (including phenoxy) is 1. The van der Waals surface area contributed by atoms with E-state index in [-0.39, 0.29) is 36.6 Å². The predicted molar refractivity (Wildman–Crippen MR) is 123 cm³/mol. The molecule has 0 aliphatic heterocycles. The third-order valence-electron chi connectivity index (χ3n) is 7.28. The van der Waals surface area contributed by atoms with Crippen LogP contribution in [0.3, 0.4) is 0 Å². The topological polar surface area (TPSA) is 133 Å². The van der Waals surface area contributed by atoms with E-state index in [0.29, 0.717) is 11.8 Å². The van der Waals surface area contributed by atoms with Gasteiger partial charge in [-0.3, -0.25) is 10.1 Å². The van der Waals surface area contributed by atoms with E-state index in [9.17, 15) is 15.0 Å². The highest BCUT2D eigenvalue weighted by atomic mass is 16.5. The average Bonchev–Trinajstić information content (AvgIpc) is 3.41. The first-order valence-electron chi connectivity index (χ1n) is 12.2. The fourth-order valence-corrected chi connectivity index (χ4v) is 5.62. The van der Waals surface area contributed by atoms with Crippen LogP contribution in [0.1, 0.15) is 63.0 Å². The van der Waals surface area contributed by atoms with E-state index in [2.05, 4.69) is 38.9 Å². The second kappa shape index (κ2) is 11.1. The minimum atomic E-state index is -0.350. The average molecular weight is 458 g/mol. The van der Waals surface area contributed by atoms with Crippen LogP contribution in [0, 0.1) is 17.8 Å². The van der Waals surface area contributed by atoms with Crippen molar-refractivity contribution in [1.29, 1.82) is 0 Å². The molecule has 9 heteroatoms. The molecule has 1 fully saturated rings. The number of hydrogen-bond donors (Lipinski definition) is 4. The van der Waals surface area contributed by atoms with Crippen molar-refractivity contribution in [2.45, 2.75) is 76.9 Å². The zero-order chi connectivity index (χ0) is 23.2. The van der Waals surface area contributed by atoms with E-state index < -0.39 is 0 Å². The number of aliphatic hydroxyl groups excluding tert-OH is 2. The van der Waals surface area contributed by atoms with Crippen LogP contribution < -0.4 is 10.1 Å². The molecule has 1 aromatic heterocycles. The lowest BCUT2D eigenvalue weighted by molar-refractivity contribution is -0.118. The van der Waals surface area contributed by atoms with Crippen molar-refractivity contribution in [1.82, 2.24) is 20.6 Å². The van der Waals surface area contributed by atoms with Gasteiger partial charge in [-0.2, -0.15) is 5.21 Å². The highest BCUT2D eigenvalue weighted by molar-refractivity contribution is 5.90. The first-order chi connectivity index (χ1) is 16.0. The number of hydrogen-bond acceptors (Lipinski definition) is 7. The highest BCUT2D eigenvalue weighted by Crippen LogP contribution is 2.48. The zero-order valence-corrected chi connectivity index (χ0v) is 19.2. The number of H-pyrrole nitrogens is 1. The molecule has 180 valence electrons. The van der Waals surface area contributed by atoms with Gasteiger partial charge in [0.1, 0.15) is 5.75 Å². The van der Waals surface area contributed by atoms with Gasteiger partial charge in [-0.05, 0) is 78.7 Å². The lowest BCUT2D eigenvalue weighted by Crippen LogP contribution is -2.28. The summed E-state index contributed by atoms with van der Waals surface area (Å²) >= 11 is 0. The van der Waals surface area contributed by atoms with E-state index in [1.807, 2.05) is 12.1 Å². The maximum atomic E-state index is 12.1. The molecule has 1 saturated carbocycles. The minimum absolute atomic E-state index is 0.114. The first kappa shape index (κ1) is 23.6. The molecule has 2 aliphatic carbocycles. The molecule has 4 N–H and O–H groups in total. The van der Waals surface area contributed by atoms with E-state index in [1.54, 1.807) is 0 Å². The van der Waals surface area contributed by atoms with Crippen LogP contribution >= 0.6 is 0 Å². The molecular formula is C24H35N5O4. The van der Waals surface area contributed by atoms with Crippen molar-refractivity contribution in [3.63, 3.8) is 0 Å². The smallest absolute Gasteiger partial charge is 0.269 e. The summed E-state index contributed by atoms with van der Waals surface area (Å²) in [4.78, 5) is 12.1. The number of benzene rings is 1. The van der Waals surface area contributed by atoms with Crippen molar-refractivity contribution < 1.29 is 19.7 Å². The molecule has 0 bridgehead atoms. The molecule has 5 atom stereocenters. The Morgan fingerprint density at radius 2 is 2.18 bits per heavy atom. The van der Waals surface area contributed by atoms with Crippen molar-refractivity contribution in [3.8, 4) is 5.75 Å². The van der Waals surface area contributed by atoms with Crippen molar-refractivity contribution in [2.24, 2.45) is 17.8 Å². The number of amides is 1. The Morgan fingerprint density at radius 3 is 2.97 bits per heavy atom. The monoisotopic (exact) mass is 457 g/mol. The summed E-state index contributed by atoms with van der Waals surface area (Å²) in [6, 6.07) is 5.99. The molecule has 1 heterocycles. The number of aromatic amines is 1. The number of rotatable bonds is 11. The van der Waals surface area contributed by atoms with E-state index in [0.717, 1.165) is 69.1 Å². The Hall–Kier alpha value is -2.52. The molecule has 0 spiro atoms. The Morgan fingerprint density at radius 1 is 1.30 bits per heavy atom. The number of nitrogens with zero attached hydrogens (tertiary/aromatic N) is 3. The molecule has 2 aromatic rings. The van der Waals surface area contributed by atoms with Crippen LogP contribution in [0.5, 0.6) is 5.75 Å². The van der Waals surface area contributed by atoms with E-state index in [1.165, 1.54) is 5.56 Å². The van der Waals surface area contributed by atoms with Gasteiger partial charge in [-0.25, -0.2) is 0 Å². The van der Waals surface area contributed by atoms with Gasteiger partial charge in [-0.1, -0.05) is 43.4 Å². The maximum Gasteiger partial charge on any atom is 0.269 e.